The van der Waals surface area contributed by atoms with Crippen molar-refractivity contribution in [3.8, 4) is 0 Å². The Morgan fingerprint density at radius 3 is 2.65 bits per heavy atom. The second kappa shape index (κ2) is 5.52. The molecule has 0 aromatic heterocycles. The highest BCUT2D eigenvalue weighted by Crippen LogP contribution is 2.42. The van der Waals surface area contributed by atoms with E-state index in [0.717, 1.165) is 18.4 Å². The number of carbonyl (C=O) groups is 1. The molecule has 0 fully saturated rings. The summed E-state index contributed by atoms with van der Waals surface area (Å²) < 4.78 is 0. The van der Waals surface area contributed by atoms with Gasteiger partial charge in [0, 0.05) is 6.08 Å². The number of hydrogen-bond acceptors (Lipinski definition) is 1. The minimum atomic E-state index is -0.837. The van der Waals surface area contributed by atoms with Gasteiger partial charge in [0.05, 0.1) is 0 Å². The molecule has 17 heavy (non-hydrogen) atoms. The van der Waals surface area contributed by atoms with E-state index in [2.05, 4.69) is 20.8 Å². The summed E-state index contributed by atoms with van der Waals surface area (Å²) >= 11 is 0. The molecule has 2 heteroatoms. The maximum absolute atomic E-state index is 10.6. The van der Waals surface area contributed by atoms with Crippen molar-refractivity contribution in [3.05, 3.63) is 22.8 Å². The first-order chi connectivity index (χ1) is 7.83. The molecular weight excluding hydrogens is 212 g/mol. The fraction of sp³-hybridized carbons (Fsp3) is 0.667. The first kappa shape index (κ1) is 14.0. The highest BCUT2D eigenvalue weighted by Gasteiger charge is 2.27. The lowest BCUT2D eigenvalue weighted by Crippen LogP contribution is -2.20. The van der Waals surface area contributed by atoms with Gasteiger partial charge in [0.1, 0.15) is 0 Å². The normalized spacial score (nSPS) is 20.6. The molecule has 0 saturated heterocycles. The van der Waals surface area contributed by atoms with Crippen molar-refractivity contribution in [1.82, 2.24) is 0 Å². The second-order valence-corrected chi connectivity index (χ2v) is 5.83. The molecule has 0 aromatic rings. The van der Waals surface area contributed by atoms with Crippen LogP contribution < -0.4 is 0 Å². The van der Waals surface area contributed by atoms with Crippen LogP contribution in [0.5, 0.6) is 0 Å². The fourth-order valence-corrected chi connectivity index (χ4v) is 2.83. The van der Waals surface area contributed by atoms with Crippen molar-refractivity contribution < 1.29 is 9.90 Å². The maximum atomic E-state index is 10.6. The molecule has 0 aromatic carbocycles. The number of aliphatic carboxylic acids is 1. The topological polar surface area (TPSA) is 37.3 Å². The average Bonchev–Trinajstić information content (AvgIpc) is 2.14. The standard InChI is InChI=1S/C15H24O2/c1-11(10-14(16)17)7-8-13-12(2)6-5-9-15(13,3)4/h10H,5-9H2,1-4H3,(H,16,17). The van der Waals surface area contributed by atoms with Gasteiger partial charge in [-0.2, -0.15) is 0 Å². The first-order valence-electron chi connectivity index (χ1n) is 6.42. The third kappa shape index (κ3) is 4.03. The number of carboxylic acid groups (broad SMARTS) is 1. The zero-order valence-electron chi connectivity index (χ0n) is 11.5. The quantitative estimate of drug-likeness (QED) is 0.583. The lowest BCUT2D eigenvalue weighted by molar-refractivity contribution is -0.131. The second-order valence-electron chi connectivity index (χ2n) is 5.83. The van der Waals surface area contributed by atoms with Crippen LogP contribution in [0.25, 0.3) is 0 Å². The van der Waals surface area contributed by atoms with Crippen molar-refractivity contribution in [2.75, 3.05) is 0 Å². The van der Waals surface area contributed by atoms with E-state index in [-0.39, 0.29) is 0 Å². The Kier molecular flexibility index (Phi) is 4.55. The van der Waals surface area contributed by atoms with Crippen LogP contribution in [-0.4, -0.2) is 11.1 Å². The van der Waals surface area contributed by atoms with E-state index in [0.29, 0.717) is 5.41 Å². The van der Waals surface area contributed by atoms with Crippen LogP contribution in [0.3, 0.4) is 0 Å². The zero-order chi connectivity index (χ0) is 13.1. The highest BCUT2D eigenvalue weighted by atomic mass is 16.4. The van der Waals surface area contributed by atoms with Gasteiger partial charge in [-0.05, 0) is 51.4 Å². The molecule has 1 N–H and O–H groups in total. The van der Waals surface area contributed by atoms with E-state index in [4.69, 9.17) is 5.11 Å². The van der Waals surface area contributed by atoms with Crippen LogP contribution in [0, 0.1) is 5.41 Å². The van der Waals surface area contributed by atoms with E-state index in [1.54, 1.807) is 5.57 Å². The Hall–Kier alpha value is -1.05. The molecule has 0 spiro atoms. The van der Waals surface area contributed by atoms with Crippen LogP contribution in [0.1, 0.15) is 59.8 Å². The van der Waals surface area contributed by atoms with Crippen molar-refractivity contribution in [1.29, 1.82) is 0 Å². The summed E-state index contributed by atoms with van der Waals surface area (Å²) in [6, 6.07) is 0. The van der Waals surface area contributed by atoms with E-state index >= 15 is 0 Å². The van der Waals surface area contributed by atoms with Gasteiger partial charge in [-0.25, -0.2) is 4.79 Å². The molecule has 0 unspecified atom stereocenters. The van der Waals surface area contributed by atoms with Crippen molar-refractivity contribution in [2.45, 2.75) is 59.8 Å². The SMILES string of the molecule is CC(=CC(=O)O)CCC1=C(C)CCCC1(C)C. The molecule has 1 aliphatic rings. The highest BCUT2D eigenvalue weighted by molar-refractivity contribution is 5.80. The van der Waals surface area contributed by atoms with E-state index in [1.807, 2.05) is 6.92 Å². The lowest BCUT2D eigenvalue weighted by atomic mass is 9.71. The Morgan fingerprint density at radius 2 is 2.12 bits per heavy atom. The third-order valence-corrected chi connectivity index (χ3v) is 3.82. The minimum Gasteiger partial charge on any atom is -0.478 e. The van der Waals surface area contributed by atoms with Gasteiger partial charge in [-0.1, -0.05) is 30.6 Å². The maximum Gasteiger partial charge on any atom is 0.328 e. The summed E-state index contributed by atoms with van der Waals surface area (Å²) in [6.07, 6.45) is 6.94. The van der Waals surface area contributed by atoms with Crippen LogP contribution >= 0.6 is 0 Å². The molecule has 1 rings (SSSR count). The number of carboxylic acids is 1. The predicted molar refractivity (Wildman–Crippen MR) is 71.0 cm³/mol. The zero-order valence-corrected chi connectivity index (χ0v) is 11.5. The Morgan fingerprint density at radius 1 is 1.47 bits per heavy atom. The van der Waals surface area contributed by atoms with Crippen molar-refractivity contribution >= 4 is 5.97 Å². The Balaban J connectivity index is 2.70. The molecule has 0 atom stereocenters. The van der Waals surface area contributed by atoms with Gasteiger partial charge < -0.3 is 5.11 Å². The summed E-state index contributed by atoms with van der Waals surface area (Å²) in [5.41, 5.74) is 4.32. The molecular formula is C15H24O2. The monoisotopic (exact) mass is 236 g/mol. The molecule has 0 heterocycles. The number of allylic oxidation sites excluding steroid dienone is 3. The minimum absolute atomic E-state index is 0.297. The number of hydrogen-bond donors (Lipinski definition) is 1. The molecule has 2 nitrogen and oxygen atoms in total. The Labute approximate surface area is 104 Å². The largest absolute Gasteiger partial charge is 0.478 e. The molecule has 1 aliphatic carbocycles. The summed E-state index contributed by atoms with van der Waals surface area (Å²) in [5, 5.41) is 8.69. The van der Waals surface area contributed by atoms with Crippen LogP contribution in [0.2, 0.25) is 0 Å². The first-order valence-corrected chi connectivity index (χ1v) is 6.42. The molecule has 0 radical (unpaired) electrons. The number of rotatable bonds is 4. The molecule has 96 valence electrons. The van der Waals surface area contributed by atoms with E-state index in [1.165, 1.54) is 30.9 Å². The van der Waals surface area contributed by atoms with Gasteiger partial charge in [-0.15, -0.1) is 0 Å². The summed E-state index contributed by atoms with van der Waals surface area (Å²) in [7, 11) is 0. The average molecular weight is 236 g/mol. The molecule has 0 bridgehead atoms. The van der Waals surface area contributed by atoms with Crippen molar-refractivity contribution in [2.24, 2.45) is 5.41 Å². The Bertz CT molecular complexity index is 359. The fourth-order valence-electron chi connectivity index (χ4n) is 2.83. The predicted octanol–water partition coefficient (Wildman–Crippen LogP) is 4.32. The van der Waals surface area contributed by atoms with E-state index < -0.39 is 5.97 Å². The molecule has 0 saturated carbocycles. The summed E-state index contributed by atoms with van der Waals surface area (Å²) in [5.74, 6) is -0.837. The van der Waals surface area contributed by atoms with Gasteiger partial charge >= 0.3 is 5.97 Å². The summed E-state index contributed by atoms with van der Waals surface area (Å²) in [4.78, 5) is 10.6. The van der Waals surface area contributed by atoms with Gasteiger partial charge in [-0.3, -0.25) is 0 Å². The van der Waals surface area contributed by atoms with Gasteiger partial charge in [0.2, 0.25) is 0 Å². The van der Waals surface area contributed by atoms with Crippen LogP contribution in [-0.2, 0) is 4.79 Å². The van der Waals surface area contributed by atoms with E-state index in [9.17, 15) is 4.79 Å². The smallest absolute Gasteiger partial charge is 0.328 e. The third-order valence-electron chi connectivity index (χ3n) is 3.82. The van der Waals surface area contributed by atoms with Gasteiger partial charge in [0.15, 0.2) is 0 Å². The van der Waals surface area contributed by atoms with Crippen LogP contribution in [0.15, 0.2) is 22.8 Å². The summed E-state index contributed by atoms with van der Waals surface area (Å²) in [6.45, 7) is 8.74. The molecule has 0 amide bonds. The van der Waals surface area contributed by atoms with Crippen molar-refractivity contribution in [3.63, 3.8) is 0 Å². The molecule has 0 aliphatic heterocycles. The van der Waals surface area contributed by atoms with Crippen LogP contribution in [0.4, 0.5) is 0 Å². The lowest BCUT2D eigenvalue weighted by Gasteiger charge is -2.34. The van der Waals surface area contributed by atoms with Gasteiger partial charge in [0.25, 0.3) is 0 Å².